The van der Waals surface area contributed by atoms with Gasteiger partial charge in [-0.3, -0.25) is 9.59 Å². The van der Waals surface area contributed by atoms with Gasteiger partial charge in [0.1, 0.15) is 0 Å². The molecule has 3 rings (SSSR count). The predicted octanol–water partition coefficient (Wildman–Crippen LogP) is 0.891. The molecule has 1 saturated heterocycles. The molecule has 106 valence electrons. The van der Waals surface area contributed by atoms with Gasteiger partial charge in [0.15, 0.2) is 11.5 Å². The Morgan fingerprint density at radius 3 is 2.90 bits per heavy atom. The summed E-state index contributed by atoms with van der Waals surface area (Å²) in [5, 5.41) is 8.93. The molecule has 0 saturated carbocycles. The number of hydrogen-bond acceptors (Lipinski definition) is 4. The van der Waals surface area contributed by atoms with Crippen LogP contribution in [0.25, 0.3) is 0 Å². The van der Waals surface area contributed by atoms with E-state index in [1.54, 1.807) is 4.90 Å². The lowest BCUT2D eigenvalue weighted by Crippen LogP contribution is -2.28. The Kier molecular flexibility index (Phi) is 3.22. The molecule has 2 aliphatic rings. The Hall–Kier alpha value is -2.24. The summed E-state index contributed by atoms with van der Waals surface area (Å²) in [5.74, 6) is -0.100. The van der Waals surface area contributed by atoms with Crippen LogP contribution >= 0.6 is 0 Å². The zero-order valence-corrected chi connectivity index (χ0v) is 10.9. The van der Waals surface area contributed by atoms with Crippen molar-refractivity contribution in [3.05, 3.63) is 23.8 Å². The number of carboxylic acids is 1. The summed E-state index contributed by atoms with van der Waals surface area (Å²) in [5.41, 5.74) is 1.04. The van der Waals surface area contributed by atoms with Gasteiger partial charge in [0.2, 0.25) is 12.7 Å². The van der Waals surface area contributed by atoms with Crippen LogP contribution in [0.5, 0.6) is 11.5 Å². The number of benzene rings is 1. The highest BCUT2D eigenvalue weighted by molar-refractivity contribution is 5.86. The van der Waals surface area contributed by atoms with Gasteiger partial charge in [0.25, 0.3) is 0 Å². The molecular weight excluding hydrogens is 262 g/mol. The van der Waals surface area contributed by atoms with Crippen LogP contribution in [-0.2, 0) is 16.0 Å². The van der Waals surface area contributed by atoms with Crippen molar-refractivity contribution in [2.45, 2.75) is 12.8 Å². The maximum atomic E-state index is 11.7. The standard InChI is InChI=1S/C14H15NO5/c16-13-6-10(14(17)18)7-15(13)4-3-9-1-2-11-12(5-9)20-8-19-11/h1-2,5,10H,3-4,6-8H2,(H,17,18)/t10-/m1/s1. The average Bonchev–Trinajstić information content (AvgIpc) is 3.02. The van der Waals surface area contributed by atoms with Gasteiger partial charge in [-0.05, 0) is 24.1 Å². The molecule has 0 aromatic heterocycles. The van der Waals surface area contributed by atoms with Crippen LogP contribution in [0.3, 0.4) is 0 Å². The molecule has 0 radical (unpaired) electrons. The molecule has 6 nitrogen and oxygen atoms in total. The third kappa shape index (κ3) is 2.41. The summed E-state index contributed by atoms with van der Waals surface area (Å²) in [6, 6.07) is 5.68. The van der Waals surface area contributed by atoms with Crippen LogP contribution in [0.15, 0.2) is 18.2 Å². The number of nitrogens with zero attached hydrogens (tertiary/aromatic N) is 1. The van der Waals surface area contributed by atoms with Gasteiger partial charge in [-0.2, -0.15) is 0 Å². The Morgan fingerprint density at radius 1 is 1.35 bits per heavy atom. The number of amides is 1. The topological polar surface area (TPSA) is 76.1 Å². The summed E-state index contributed by atoms with van der Waals surface area (Å²) in [4.78, 5) is 24.2. The first kappa shape index (κ1) is 12.8. The molecule has 0 spiro atoms. The minimum Gasteiger partial charge on any atom is -0.481 e. The molecule has 2 heterocycles. The van der Waals surface area contributed by atoms with Crippen molar-refractivity contribution >= 4 is 11.9 Å². The highest BCUT2D eigenvalue weighted by Gasteiger charge is 2.33. The normalized spacial score (nSPS) is 20.5. The Bertz CT molecular complexity index is 556. The lowest BCUT2D eigenvalue weighted by atomic mass is 10.1. The molecule has 1 aromatic carbocycles. The van der Waals surface area contributed by atoms with Gasteiger partial charge in [-0.1, -0.05) is 6.07 Å². The monoisotopic (exact) mass is 277 g/mol. The Morgan fingerprint density at radius 2 is 2.15 bits per heavy atom. The molecule has 1 amide bonds. The van der Waals surface area contributed by atoms with Gasteiger partial charge in [0, 0.05) is 19.5 Å². The fourth-order valence-electron chi connectivity index (χ4n) is 2.51. The first-order valence-corrected chi connectivity index (χ1v) is 6.52. The Balaban J connectivity index is 1.60. The van der Waals surface area contributed by atoms with Crippen LogP contribution in [-0.4, -0.2) is 41.8 Å². The largest absolute Gasteiger partial charge is 0.481 e. The van der Waals surface area contributed by atoms with Crippen LogP contribution in [0.2, 0.25) is 0 Å². The first-order valence-electron chi connectivity index (χ1n) is 6.52. The fraction of sp³-hybridized carbons (Fsp3) is 0.429. The van der Waals surface area contributed by atoms with E-state index in [2.05, 4.69) is 0 Å². The number of likely N-dealkylation sites (tertiary alicyclic amines) is 1. The highest BCUT2D eigenvalue weighted by atomic mass is 16.7. The molecule has 0 unspecified atom stereocenters. The molecule has 1 aromatic rings. The van der Waals surface area contributed by atoms with E-state index < -0.39 is 11.9 Å². The van der Waals surface area contributed by atoms with E-state index in [0.29, 0.717) is 19.5 Å². The van der Waals surface area contributed by atoms with E-state index in [1.165, 1.54) is 0 Å². The van der Waals surface area contributed by atoms with Crippen LogP contribution < -0.4 is 9.47 Å². The van der Waals surface area contributed by atoms with Gasteiger partial charge >= 0.3 is 5.97 Å². The number of rotatable bonds is 4. The summed E-state index contributed by atoms with van der Waals surface area (Å²) in [6.07, 6.45) is 0.783. The lowest BCUT2D eigenvalue weighted by Gasteiger charge is -2.15. The zero-order valence-electron chi connectivity index (χ0n) is 10.9. The fourth-order valence-corrected chi connectivity index (χ4v) is 2.51. The molecule has 20 heavy (non-hydrogen) atoms. The van der Waals surface area contributed by atoms with Gasteiger partial charge in [-0.15, -0.1) is 0 Å². The summed E-state index contributed by atoms with van der Waals surface area (Å²) in [7, 11) is 0. The zero-order chi connectivity index (χ0) is 14.1. The minimum atomic E-state index is -0.899. The SMILES string of the molecule is O=C(O)[C@@H]1CC(=O)N(CCc2ccc3c(c2)OCO3)C1. The van der Waals surface area contributed by atoms with Gasteiger partial charge in [-0.25, -0.2) is 0 Å². The smallest absolute Gasteiger partial charge is 0.308 e. The van der Waals surface area contributed by atoms with Crippen LogP contribution in [0, 0.1) is 5.92 Å². The molecule has 1 fully saturated rings. The van der Waals surface area contributed by atoms with Gasteiger partial charge < -0.3 is 19.5 Å². The average molecular weight is 277 g/mol. The summed E-state index contributed by atoms with van der Waals surface area (Å²) in [6.45, 7) is 1.07. The maximum Gasteiger partial charge on any atom is 0.308 e. The van der Waals surface area contributed by atoms with E-state index in [1.807, 2.05) is 18.2 Å². The second-order valence-electron chi connectivity index (χ2n) is 5.02. The number of hydrogen-bond donors (Lipinski definition) is 1. The summed E-state index contributed by atoms with van der Waals surface area (Å²) >= 11 is 0. The van der Waals surface area contributed by atoms with E-state index in [4.69, 9.17) is 14.6 Å². The number of aliphatic carboxylic acids is 1. The van der Waals surface area contributed by atoms with Crippen molar-refractivity contribution < 1.29 is 24.2 Å². The molecule has 1 atom stereocenters. The lowest BCUT2D eigenvalue weighted by molar-refractivity contribution is -0.141. The number of carboxylic acid groups (broad SMARTS) is 1. The van der Waals surface area contributed by atoms with Crippen LogP contribution in [0.1, 0.15) is 12.0 Å². The van der Waals surface area contributed by atoms with Crippen molar-refractivity contribution in [1.82, 2.24) is 4.90 Å². The van der Waals surface area contributed by atoms with E-state index >= 15 is 0 Å². The van der Waals surface area contributed by atoms with Crippen molar-refractivity contribution in [2.24, 2.45) is 5.92 Å². The molecule has 0 aliphatic carbocycles. The number of carbonyl (C=O) groups is 2. The van der Waals surface area contributed by atoms with E-state index in [9.17, 15) is 9.59 Å². The number of ether oxygens (including phenoxy) is 2. The highest BCUT2D eigenvalue weighted by Crippen LogP contribution is 2.32. The predicted molar refractivity (Wildman–Crippen MR) is 68.6 cm³/mol. The molecular formula is C14H15NO5. The number of fused-ring (bicyclic) bond motifs is 1. The maximum absolute atomic E-state index is 11.7. The van der Waals surface area contributed by atoms with Crippen molar-refractivity contribution in [2.75, 3.05) is 19.9 Å². The Labute approximate surface area is 115 Å². The quantitative estimate of drug-likeness (QED) is 0.884. The molecule has 0 bridgehead atoms. The summed E-state index contributed by atoms with van der Waals surface area (Å²) < 4.78 is 10.5. The van der Waals surface area contributed by atoms with Crippen molar-refractivity contribution in [1.29, 1.82) is 0 Å². The second-order valence-corrected chi connectivity index (χ2v) is 5.02. The molecule has 2 aliphatic heterocycles. The molecule has 6 heteroatoms. The molecule has 1 N–H and O–H groups in total. The van der Waals surface area contributed by atoms with E-state index in [0.717, 1.165) is 17.1 Å². The third-order valence-corrected chi connectivity index (χ3v) is 3.67. The van der Waals surface area contributed by atoms with E-state index in [-0.39, 0.29) is 19.1 Å². The van der Waals surface area contributed by atoms with Gasteiger partial charge in [0.05, 0.1) is 5.92 Å². The van der Waals surface area contributed by atoms with Crippen LogP contribution in [0.4, 0.5) is 0 Å². The number of carbonyl (C=O) groups excluding carboxylic acids is 1. The minimum absolute atomic E-state index is 0.0851. The van der Waals surface area contributed by atoms with Crippen molar-refractivity contribution in [3.8, 4) is 11.5 Å². The second kappa shape index (κ2) is 5.03. The first-order chi connectivity index (χ1) is 9.63. The third-order valence-electron chi connectivity index (χ3n) is 3.67. The van der Waals surface area contributed by atoms with Crippen molar-refractivity contribution in [3.63, 3.8) is 0 Å².